The molecule has 0 amide bonds. The molecule has 0 spiro atoms. The topological polar surface area (TPSA) is 61.8 Å². The lowest BCUT2D eigenvalue weighted by molar-refractivity contribution is -0.165. The van der Waals surface area contributed by atoms with Crippen molar-refractivity contribution in [2.24, 2.45) is 23.2 Å². The Morgan fingerprint density at radius 1 is 1.18 bits per heavy atom. The summed E-state index contributed by atoms with van der Waals surface area (Å²) in [5.41, 5.74) is 0.722. The molecule has 2 saturated carbocycles. The van der Waals surface area contributed by atoms with Crippen LogP contribution in [0.15, 0.2) is 23.7 Å². The average molecular weight is 306 g/mol. The second-order valence-electron chi connectivity index (χ2n) is 6.45. The van der Waals surface area contributed by atoms with Gasteiger partial charge in [0.05, 0.1) is 26.7 Å². The predicted octanol–water partition coefficient (Wildman–Crippen LogP) is 2.57. The predicted molar refractivity (Wildman–Crippen MR) is 78.3 cm³/mol. The van der Waals surface area contributed by atoms with E-state index in [4.69, 9.17) is 14.2 Å². The number of rotatable bonds is 2. The van der Waals surface area contributed by atoms with E-state index in [1.165, 1.54) is 14.2 Å². The van der Waals surface area contributed by atoms with E-state index >= 15 is 0 Å². The van der Waals surface area contributed by atoms with Gasteiger partial charge in [0.2, 0.25) is 0 Å². The fraction of sp³-hybridized carbons (Fsp3) is 0.647. The number of hydrogen-bond donors (Lipinski definition) is 0. The molecule has 0 aromatic rings. The third-order valence-electron chi connectivity index (χ3n) is 5.63. The SMILES string of the molecule is COC(=O)[C@H]1C2=COC=C3CC[C@@H]([C@@H](C)CC2)[C@]31C(=O)OC. The highest BCUT2D eigenvalue weighted by atomic mass is 16.5. The summed E-state index contributed by atoms with van der Waals surface area (Å²) < 4.78 is 15.7. The molecule has 5 nitrogen and oxygen atoms in total. The Balaban J connectivity index is 2.27. The molecule has 2 bridgehead atoms. The van der Waals surface area contributed by atoms with Gasteiger partial charge in [-0.1, -0.05) is 6.92 Å². The third kappa shape index (κ3) is 1.84. The molecule has 4 atom stereocenters. The molecule has 1 heterocycles. The standard InChI is InChI=1S/C17H22O5/c1-10-4-5-11-8-22-9-12-6-7-13(10)17(12,16(19)21-3)14(11)15(18)20-2/h8-10,13-14H,4-7H2,1-3H3/t10-,13-,14+,17+/m0/s1. The zero-order valence-electron chi connectivity index (χ0n) is 13.3. The van der Waals surface area contributed by atoms with E-state index in [1.54, 1.807) is 12.5 Å². The molecule has 0 radical (unpaired) electrons. The van der Waals surface area contributed by atoms with Gasteiger partial charge in [-0.05, 0) is 48.7 Å². The van der Waals surface area contributed by atoms with Crippen molar-refractivity contribution < 1.29 is 23.8 Å². The van der Waals surface area contributed by atoms with Gasteiger partial charge in [0.15, 0.2) is 0 Å². The second-order valence-corrected chi connectivity index (χ2v) is 6.45. The van der Waals surface area contributed by atoms with E-state index < -0.39 is 11.3 Å². The minimum atomic E-state index is -0.972. The summed E-state index contributed by atoms with van der Waals surface area (Å²) in [5, 5.41) is 0. The highest BCUT2D eigenvalue weighted by Crippen LogP contribution is 2.61. The maximum Gasteiger partial charge on any atom is 0.317 e. The minimum absolute atomic E-state index is 0.0721. The van der Waals surface area contributed by atoms with Crippen LogP contribution in [0.4, 0.5) is 0 Å². The van der Waals surface area contributed by atoms with Crippen molar-refractivity contribution >= 4 is 11.9 Å². The zero-order chi connectivity index (χ0) is 15.9. The molecule has 22 heavy (non-hydrogen) atoms. The summed E-state index contributed by atoms with van der Waals surface area (Å²) in [6, 6.07) is 0. The number of methoxy groups -OCH3 is 2. The third-order valence-corrected chi connectivity index (χ3v) is 5.63. The van der Waals surface area contributed by atoms with E-state index in [2.05, 4.69) is 6.92 Å². The lowest BCUT2D eigenvalue weighted by atomic mass is 9.62. The van der Waals surface area contributed by atoms with Crippen molar-refractivity contribution in [2.45, 2.75) is 32.6 Å². The highest BCUT2D eigenvalue weighted by Gasteiger charge is 2.64. The van der Waals surface area contributed by atoms with E-state index in [0.29, 0.717) is 5.92 Å². The Hall–Kier alpha value is -1.78. The fourth-order valence-corrected chi connectivity index (χ4v) is 4.66. The second kappa shape index (κ2) is 5.45. The number of fused-ring (bicyclic) bond motifs is 1. The Bertz CT molecular complexity index is 561. The van der Waals surface area contributed by atoms with Crippen LogP contribution in [-0.4, -0.2) is 26.2 Å². The van der Waals surface area contributed by atoms with E-state index in [-0.39, 0.29) is 17.9 Å². The van der Waals surface area contributed by atoms with Gasteiger partial charge >= 0.3 is 11.9 Å². The Morgan fingerprint density at radius 2 is 1.95 bits per heavy atom. The molecule has 1 aliphatic heterocycles. The molecule has 0 unspecified atom stereocenters. The van der Waals surface area contributed by atoms with E-state index in [0.717, 1.165) is 36.8 Å². The molecule has 5 heteroatoms. The van der Waals surface area contributed by atoms with Gasteiger partial charge in [-0.25, -0.2) is 0 Å². The lowest BCUT2D eigenvalue weighted by Crippen LogP contribution is -2.48. The number of hydrogen-bond acceptors (Lipinski definition) is 5. The zero-order valence-corrected chi connectivity index (χ0v) is 13.3. The summed E-state index contributed by atoms with van der Waals surface area (Å²) in [7, 11) is 2.75. The number of carbonyl (C=O) groups excluding carboxylic acids is 2. The molecule has 120 valence electrons. The van der Waals surface area contributed by atoms with Crippen molar-refractivity contribution in [2.75, 3.05) is 14.2 Å². The van der Waals surface area contributed by atoms with Crippen LogP contribution in [0.1, 0.15) is 32.6 Å². The maximum absolute atomic E-state index is 12.9. The highest BCUT2D eigenvalue weighted by molar-refractivity contribution is 5.91. The van der Waals surface area contributed by atoms with Crippen LogP contribution in [0.25, 0.3) is 0 Å². The first-order valence-corrected chi connectivity index (χ1v) is 7.77. The van der Waals surface area contributed by atoms with Crippen LogP contribution in [0.2, 0.25) is 0 Å². The Kier molecular flexibility index (Phi) is 3.75. The molecule has 2 aliphatic carbocycles. The van der Waals surface area contributed by atoms with Crippen molar-refractivity contribution in [1.29, 1.82) is 0 Å². The smallest absolute Gasteiger partial charge is 0.317 e. The molecular weight excluding hydrogens is 284 g/mol. The van der Waals surface area contributed by atoms with Crippen LogP contribution in [0.3, 0.4) is 0 Å². The van der Waals surface area contributed by atoms with Crippen molar-refractivity contribution in [3.8, 4) is 0 Å². The van der Waals surface area contributed by atoms with Crippen LogP contribution in [0.5, 0.6) is 0 Å². The molecule has 0 saturated heterocycles. The molecule has 0 N–H and O–H groups in total. The van der Waals surface area contributed by atoms with Gasteiger partial charge in [-0.15, -0.1) is 0 Å². The quantitative estimate of drug-likeness (QED) is 0.734. The van der Waals surface area contributed by atoms with Crippen LogP contribution < -0.4 is 0 Å². The van der Waals surface area contributed by atoms with Gasteiger partial charge in [-0.2, -0.15) is 0 Å². The van der Waals surface area contributed by atoms with E-state index in [1.807, 2.05) is 0 Å². The van der Waals surface area contributed by atoms with Crippen molar-refractivity contribution in [3.63, 3.8) is 0 Å². The first-order chi connectivity index (χ1) is 10.6. The van der Waals surface area contributed by atoms with Crippen molar-refractivity contribution in [3.05, 3.63) is 23.7 Å². The fourth-order valence-electron chi connectivity index (χ4n) is 4.66. The first kappa shape index (κ1) is 15.1. The minimum Gasteiger partial charge on any atom is -0.473 e. The number of esters is 2. The summed E-state index contributed by atoms with van der Waals surface area (Å²) in [5.74, 6) is -0.962. The van der Waals surface area contributed by atoms with Crippen LogP contribution in [-0.2, 0) is 23.8 Å². The molecule has 2 fully saturated rings. The average Bonchev–Trinajstić information content (AvgIpc) is 2.74. The monoisotopic (exact) mass is 306 g/mol. The van der Waals surface area contributed by atoms with Crippen LogP contribution >= 0.6 is 0 Å². The summed E-state index contributed by atoms with van der Waals surface area (Å²) >= 11 is 0. The molecule has 0 aromatic heterocycles. The summed E-state index contributed by atoms with van der Waals surface area (Å²) in [4.78, 5) is 25.5. The Morgan fingerprint density at radius 3 is 2.64 bits per heavy atom. The summed E-state index contributed by atoms with van der Waals surface area (Å²) in [6.45, 7) is 2.16. The van der Waals surface area contributed by atoms with Crippen LogP contribution in [0, 0.1) is 23.2 Å². The molecule has 0 aromatic carbocycles. The van der Waals surface area contributed by atoms with Gasteiger partial charge in [0, 0.05) is 0 Å². The molecular formula is C17H22O5. The summed E-state index contributed by atoms with van der Waals surface area (Å²) in [6.07, 6.45) is 6.53. The lowest BCUT2D eigenvalue weighted by Gasteiger charge is -2.39. The van der Waals surface area contributed by atoms with Gasteiger partial charge in [-0.3, -0.25) is 9.59 Å². The van der Waals surface area contributed by atoms with E-state index in [9.17, 15) is 9.59 Å². The van der Waals surface area contributed by atoms with Gasteiger partial charge < -0.3 is 14.2 Å². The maximum atomic E-state index is 12.9. The van der Waals surface area contributed by atoms with Crippen molar-refractivity contribution in [1.82, 2.24) is 0 Å². The Labute approximate surface area is 130 Å². The number of carbonyl (C=O) groups is 2. The molecule has 3 rings (SSSR count). The van der Waals surface area contributed by atoms with Gasteiger partial charge in [0.1, 0.15) is 11.3 Å². The number of ether oxygens (including phenoxy) is 3. The molecule has 3 aliphatic rings. The largest absolute Gasteiger partial charge is 0.473 e. The van der Waals surface area contributed by atoms with Gasteiger partial charge in [0.25, 0.3) is 0 Å². The first-order valence-electron chi connectivity index (χ1n) is 7.77. The normalized spacial score (nSPS) is 36.2.